The van der Waals surface area contributed by atoms with Crippen LogP contribution in [0.15, 0.2) is 60.7 Å². The van der Waals surface area contributed by atoms with Gasteiger partial charge < -0.3 is 23.1 Å². The van der Waals surface area contributed by atoms with Crippen molar-refractivity contribution in [1.29, 1.82) is 0 Å². The maximum Gasteiger partial charge on any atom is 0.347 e. The minimum atomic E-state index is -2.08. The quantitative estimate of drug-likeness (QED) is 0.108. The Balaban J connectivity index is 1.56. The van der Waals surface area contributed by atoms with E-state index in [-0.39, 0.29) is 46.4 Å². The molecule has 8 heteroatoms. The molecule has 1 saturated heterocycles. The third-order valence-electron chi connectivity index (χ3n) is 12.5. The van der Waals surface area contributed by atoms with E-state index in [0.717, 1.165) is 37.9 Å². The molecule has 0 aromatic heterocycles. The molecule has 2 aliphatic carbocycles. The average molecular weight is 739 g/mol. The molecule has 0 spiro atoms. The number of rotatable bonds is 14. The van der Waals surface area contributed by atoms with Gasteiger partial charge >= 0.3 is 5.97 Å². The van der Waals surface area contributed by atoms with E-state index in [1.807, 2.05) is 37.3 Å². The Morgan fingerprint density at radius 3 is 2.31 bits per heavy atom. The lowest BCUT2D eigenvalue weighted by Crippen LogP contribution is -2.49. The Hall–Kier alpha value is -1.98. The third kappa shape index (κ3) is 10.6. The molecule has 4 rings (SSSR count). The molecule has 1 fully saturated rings. The largest absolute Gasteiger partial charge is 0.478 e. The normalized spacial score (nSPS) is 28.0. The Bertz CT molecular complexity index is 1390. The van der Waals surface area contributed by atoms with Gasteiger partial charge in [-0.2, -0.15) is 0 Å². The number of esters is 1. The number of allylic oxidation sites excluding steroid dienone is 3. The van der Waals surface area contributed by atoms with E-state index in [4.69, 9.17) is 23.1 Å². The smallest absolute Gasteiger partial charge is 0.347 e. The predicted octanol–water partition coefficient (Wildman–Crippen LogP) is 11.0. The second-order valence-electron chi connectivity index (χ2n) is 18.4. The van der Waals surface area contributed by atoms with Crippen LogP contribution in [0.5, 0.6) is 5.75 Å². The van der Waals surface area contributed by atoms with E-state index in [2.05, 4.69) is 99.5 Å². The molecule has 0 N–H and O–H groups in total. The second-order valence-corrected chi connectivity index (χ2v) is 27.9. The lowest BCUT2D eigenvalue weighted by molar-refractivity contribution is -0.163. The van der Waals surface area contributed by atoms with Gasteiger partial charge in [-0.3, -0.25) is 0 Å². The zero-order valence-electron chi connectivity index (χ0n) is 34.1. The fourth-order valence-electron chi connectivity index (χ4n) is 7.35. The van der Waals surface area contributed by atoms with Crippen molar-refractivity contribution in [2.24, 2.45) is 17.8 Å². The second kappa shape index (κ2) is 17.0. The van der Waals surface area contributed by atoms with Crippen molar-refractivity contribution in [3.05, 3.63) is 66.3 Å². The molecule has 3 aliphatic rings. The van der Waals surface area contributed by atoms with Gasteiger partial charge in [0.1, 0.15) is 11.9 Å². The molecule has 0 saturated carbocycles. The van der Waals surface area contributed by atoms with E-state index < -0.39 is 22.7 Å². The first kappa shape index (κ1) is 41.8. The number of carbonyl (C=O) groups is 1. The molecule has 51 heavy (non-hydrogen) atoms. The summed E-state index contributed by atoms with van der Waals surface area (Å²) in [5.74, 6) is 1.15. The van der Waals surface area contributed by atoms with E-state index in [9.17, 15) is 4.79 Å². The predicted molar refractivity (Wildman–Crippen MR) is 215 cm³/mol. The zero-order valence-corrected chi connectivity index (χ0v) is 36.1. The molecule has 8 atom stereocenters. The van der Waals surface area contributed by atoms with Gasteiger partial charge in [-0.25, -0.2) is 4.79 Å². The van der Waals surface area contributed by atoms with Crippen LogP contribution in [-0.2, 0) is 29.5 Å². The van der Waals surface area contributed by atoms with Gasteiger partial charge in [0.25, 0.3) is 0 Å². The summed E-state index contributed by atoms with van der Waals surface area (Å²) in [6, 6.07) is 7.88. The lowest BCUT2D eigenvalue weighted by Gasteiger charge is -2.46. The van der Waals surface area contributed by atoms with Gasteiger partial charge in [-0.15, -0.1) is 6.58 Å². The highest BCUT2D eigenvalue weighted by atomic mass is 28.4. The molecule has 1 heterocycles. The molecule has 1 aliphatic heterocycles. The summed E-state index contributed by atoms with van der Waals surface area (Å²) >= 11 is 0. The highest BCUT2D eigenvalue weighted by Crippen LogP contribution is 2.47. The van der Waals surface area contributed by atoms with Gasteiger partial charge in [-0.05, 0) is 104 Å². The van der Waals surface area contributed by atoms with Crippen molar-refractivity contribution in [3.63, 3.8) is 0 Å². The van der Waals surface area contributed by atoms with Crippen LogP contribution < -0.4 is 4.74 Å². The molecule has 0 radical (unpaired) electrons. The van der Waals surface area contributed by atoms with Gasteiger partial charge in [0.2, 0.25) is 0 Å². The molecule has 0 bridgehead atoms. The van der Waals surface area contributed by atoms with E-state index in [1.54, 1.807) is 0 Å². The lowest BCUT2D eigenvalue weighted by atomic mass is 9.66. The van der Waals surface area contributed by atoms with Crippen LogP contribution >= 0.6 is 0 Å². The van der Waals surface area contributed by atoms with Crippen molar-refractivity contribution in [3.8, 4) is 5.75 Å². The van der Waals surface area contributed by atoms with Gasteiger partial charge in [-0.1, -0.05) is 97.9 Å². The van der Waals surface area contributed by atoms with Crippen LogP contribution in [0, 0.1) is 17.8 Å². The van der Waals surface area contributed by atoms with Crippen LogP contribution in [0.2, 0.25) is 36.3 Å². The summed E-state index contributed by atoms with van der Waals surface area (Å²) in [5.41, 5.74) is 2.25. The Morgan fingerprint density at radius 2 is 1.67 bits per heavy atom. The monoisotopic (exact) mass is 738 g/mol. The topological polar surface area (TPSA) is 63.2 Å². The standard InChI is InChI=1S/C43H70O6Si2/c1-14-18-31-19-16-17-20-38(31)46-37(15-2)41(44)47-39-29-35(49-51(12,13)43(7,8)9)27-32-22-21-30(3)36(40(32)39)24-23-33-28-34(25-26-45-33)48-50(10,11)42(4,5)6/h14,16-17,19-22,27,30,33-37,39-40H,1,15,18,23-26,28-29H2,2-13H3/t30-,33+,34+,35+,36-,37?,39-,40-/m0/s1. The number of carbonyl (C=O) groups excluding carboxylic acids is 1. The molecule has 1 aromatic carbocycles. The molecule has 1 aromatic rings. The van der Waals surface area contributed by atoms with E-state index >= 15 is 0 Å². The highest BCUT2D eigenvalue weighted by molar-refractivity contribution is 6.74. The zero-order chi connectivity index (χ0) is 37.8. The van der Waals surface area contributed by atoms with Crippen molar-refractivity contribution in [1.82, 2.24) is 0 Å². The van der Waals surface area contributed by atoms with Crippen molar-refractivity contribution >= 4 is 22.6 Å². The summed E-state index contributed by atoms with van der Waals surface area (Å²) in [6.45, 7) is 32.0. The van der Waals surface area contributed by atoms with Gasteiger partial charge in [0.05, 0.1) is 12.2 Å². The SMILES string of the molecule is C=CCc1ccccc1OC(CC)C(=O)O[C@H]1C[C@H](O[Si](C)(C)C(C)(C)C)C=C2C=C[C@H](C)[C@H](CC[C@@H]3C[C@H](O[Si](C)(C)C(C)(C)C)CCO3)[C@H]21. The summed E-state index contributed by atoms with van der Waals surface area (Å²) in [6.07, 6.45) is 13.8. The van der Waals surface area contributed by atoms with Crippen LogP contribution in [0.4, 0.5) is 0 Å². The van der Waals surface area contributed by atoms with Crippen molar-refractivity contribution < 1.29 is 27.9 Å². The first-order chi connectivity index (χ1) is 23.8. The summed E-state index contributed by atoms with van der Waals surface area (Å²) in [5, 5.41) is 0.254. The summed E-state index contributed by atoms with van der Waals surface area (Å²) in [7, 11) is -3.95. The molecule has 0 amide bonds. The summed E-state index contributed by atoms with van der Waals surface area (Å²) in [4.78, 5) is 14.1. The first-order valence-electron chi connectivity index (χ1n) is 19.7. The van der Waals surface area contributed by atoms with Crippen molar-refractivity contribution in [2.75, 3.05) is 6.61 Å². The molecule has 6 nitrogen and oxygen atoms in total. The fourth-order valence-corrected chi connectivity index (χ4v) is 10.0. The van der Waals surface area contributed by atoms with E-state index in [1.165, 1.54) is 5.57 Å². The van der Waals surface area contributed by atoms with Gasteiger partial charge in [0, 0.05) is 25.0 Å². The number of ether oxygens (including phenoxy) is 3. The number of para-hydroxylation sites is 1. The van der Waals surface area contributed by atoms with Crippen LogP contribution in [0.3, 0.4) is 0 Å². The molecular weight excluding hydrogens is 669 g/mol. The Kier molecular flexibility index (Phi) is 13.9. The molecular formula is C43H70O6Si2. The van der Waals surface area contributed by atoms with Crippen molar-refractivity contribution in [2.45, 2.75) is 167 Å². The number of fused-ring (bicyclic) bond motifs is 1. The highest BCUT2D eigenvalue weighted by Gasteiger charge is 2.46. The number of hydrogen-bond donors (Lipinski definition) is 0. The minimum absolute atomic E-state index is 0.0696. The summed E-state index contributed by atoms with van der Waals surface area (Å²) < 4.78 is 33.2. The fraction of sp³-hybridized carbons (Fsp3) is 0.698. The van der Waals surface area contributed by atoms with Crippen LogP contribution in [0.25, 0.3) is 0 Å². The van der Waals surface area contributed by atoms with Gasteiger partial charge in [0.15, 0.2) is 22.7 Å². The van der Waals surface area contributed by atoms with Crippen LogP contribution in [0.1, 0.15) is 99.5 Å². The Morgan fingerprint density at radius 1 is 1.00 bits per heavy atom. The van der Waals surface area contributed by atoms with Crippen LogP contribution in [-0.4, -0.2) is 59.7 Å². The average Bonchev–Trinajstić information content (AvgIpc) is 3.02. The minimum Gasteiger partial charge on any atom is -0.478 e. The molecule has 1 unspecified atom stereocenters. The number of hydrogen-bond acceptors (Lipinski definition) is 6. The number of benzene rings is 1. The first-order valence-corrected chi connectivity index (χ1v) is 25.5. The Labute approximate surface area is 313 Å². The maximum atomic E-state index is 14.1. The van der Waals surface area contributed by atoms with E-state index in [0.29, 0.717) is 36.8 Å². The molecule has 286 valence electrons. The third-order valence-corrected chi connectivity index (χ3v) is 21.6. The maximum absolute atomic E-state index is 14.1.